The molecule has 27 heavy (non-hydrogen) atoms. The second-order valence-corrected chi connectivity index (χ2v) is 10.0. The van der Waals surface area contributed by atoms with Crippen LogP contribution in [0.5, 0.6) is 0 Å². The van der Waals surface area contributed by atoms with Crippen molar-refractivity contribution < 1.29 is 9.53 Å². The van der Waals surface area contributed by atoms with Crippen molar-refractivity contribution in [2.75, 3.05) is 29.5 Å². The number of carbonyl (C=O) groups is 1. The number of nitrogens with one attached hydrogen (secondary N) is 2. The molecule has 1 amide bonds. The minimum absolute atomic E-state index is 0.109. The number of benzene rings is 1. The van der Waals surface area contributed by atoms with E-state index >= 15 is 0 Å². The number of hydrogen-bond donors (Lipinski definition) is 2. The Kier molecular flexibility index (Phi) is 6.23. The molecule has 142 valence electrons. The van der Waals surface area contributed by atoms with Crippen LogP contribution in [0.3, 0.4) is 0 Å². The van der Waals surface area contributed by atoms with Crippen molar-refractivity contribution in [3.63, 3.8) is 0 Å². The quantitative estimate of drug-likeness (QED) is 0.483. The lowest BCUT2D eigenvalue weighted by Crippen LogP contribution is -2.18. The van der Waals surface area contributed by atoms with Crippen LogP contribution in [0.15, 0.2) is 27.0 Å². The zero-order valence-electron chi connectivity index (χ0n) is 14.1. The molecule has 0 saturated carbocycles. The number of thioether (sulfide) groups is 1. The largest absolute Gasteiger partial charge is 0.376 e. The highest BCUT2D eigenvalue weighted by Gasteiger charge is 2.16. The van der Waals surface area contributed by atoms with Gasteiger partial charge in [0.2, 0.25) is 11.0 Å². The topological polar surface area (TPSA) is 89.0 Å². The van der Waals surface area contributed by atoms with Crippen LogP contribution in [0.25, 0.3) is 10.2 Å². The van der Waals surface area contributed by atoms with Gasteiger partial charge in [0.1, 0.15) is 0 Å². The van der Waals surface area contributed by atoms with Crippen LogP contribution in [-0.2, 0) is 9.53 Å². The number of aromatic nitrogens is 3. The van der Waals surface area contributed by atoms with E-state index in [1.807, 2.05) is 18.2 Å². The van der Waals surface area contributed by atoms with Crippen molar-refractivity contribution in [3.8, 4) is 0 Å². The van der Waals surface area contributed by atoms with Crippen LogP contribution >= 0.6 is 50.4 Å². The zero-order chi connectivity index (χ0) is 18.6. The summed E-state index contributed by atoms with van der Waals surface area (Å²) < 4.78 is 8.35. The number of carbonyl (C=O) groups excluding carboxylic acids is 1. The van der Waals surface area contributed by atoms with Crippen molar-refractivity contribution in [2.45, 2.75) is 23.3 Å². The van der Waals surface area contributed by atoms with E-state index in [0.717, 1.165) is 50.2 Å². The number of nitrogens with zero attached hydrogens (tertiary/aromatic N) is 3. The van der Waals surface area contributed by atoms with E-state index < -0.39 is 0 Å². The summed E-state index contributed by atoms with van der Waals surface area (Å²) in [6.45, 7) is 1.58. The molecular weight excluding hydrogens is 470 g/mol. The monoisotopic (exact) mass is 485 g/mol. The molecular formula is C16H16BrN5O2S3. The Morgan fingerprint density at radius 1 is 1.33 bits per heavy atom. The SMILES string of the molecule is O=C(CSc1nnc(NC[C@H]2CCCO2)s1)Nc1nc2ccc(Br)cc2s1. The van der Waals surface area contributed by atoms with Gasteiger partial charge in [-0.1, -0.05) is 50.4 Å². The van der Waals surface area contributed by atoms with E-state index in [1.165, 1.54) is 34.4 Å². The molecule has 0 radical (unpaired) electrons. The number of rotatable bonds is 7. The molecule has 1 saturated heterocycles. The Hall–Kier alpha value is -1.27. The van der Waals surface area contributed by atoms with Crippen molar-refractivity contribution in [2.24, 2.45) is 0 Å². The van der Waals surface area contributed by atoms with E-state index in [0.29, 0.717) is 5.13 Å². The molecule has 1 atom stereocenters. The lowest BCUT2D eigenvalue weighted by Gasteiger charge is -2.08. The Labute approximate surface area is 176 Å². The summed E-state index contributed by atoms with van der Waals surface area (Å²) in [7, 11) is 0. The predicted octanol–water partition coefficient (Wildman–Crippen LogP) is 4.23. The first-order valence-electron chi connectivity index (χ1n) is 8.33. The molecule has 11 heteroatoms. The van der Waals surface area contributed by atoms with E-state index in [9.17, 15) is 4.79 Å². The molecule has 4 rings (SSSR count). The van der Waals surface area contributed by atoms with Gasteiger partial charge in [0.15, 0.2) is 9.47 Å². The van der Waals surface area contributed by atoms with Gasteiger partial charge >= 0.3 is 0 Å². The maximum absolute atomic E-state index is 12.2. The molecule has 3 heterocycles. The van der Waals surface area contributed by atoms with E-state index in [2.05, 4.69) is 41.7 Å². The Bertz CT molecular complexity index is 941. The van der Waals surface area contributed by atoms with Gasteiger partial charge in [0.05, 0.1) is 22.1 Å². The Morgan fingerprint density at radius 3 is 3.11 bits per heavy atom. The molecule has 2 N–H and O–H groups in total. The number of halogens is 1. The van der Waals surface area contributed by atoms with Crippen LogP contribution in [0.4, 0.5) is 10.3 Å². The molecule has 1 aromatic carbocycles. The van der Waals surface area contributed by atoms with Crippen LogP contribution in [-0.4, -0.2) is 46.1 Å². The van der Waals surface area contributed by atoms with Gasteiger partial charge in [-0.25, -0.2) is 4.98 Å². The summed E-state index contributed by atoms with van der Waals surface area (Å²) >= 11 is 7.71. The van der Waals surface area contributed by atoms with Gasteiger partial charge in [-0.2, -0.15) is 0 Å². The third-order valence-electron chi connectivity index (χ3n) is 3.83. The molecule has 2 aromatic heterocycles. The maximum Gasteiger partial charge on any atom is 0.236 e. The summed E-state index contributed by atoms with van der Waals surface area (Å²) in [5.41, 5.74) is 0.872. The number of fused-ring (bicyclic) bond motifs is 1. The molecule has 0 spiro atoms. The van der Waals surface area contributed by atoms with Crippen molar-refractivity contribution >= 4 is 76.8 Å². The normalized spacial score (nSPS) is 16.7. The first-order chi connectivity index (χ1) is 13.2. The van der Waals surface area contributed by atoms with Crippen LogP contribution in [0.2, 0.25) is 0 Å². The van der Waals surface area contributed by atoms with Crippen molar-refractivity contribution in [3.05, 3.63) is 22.7 Å². The molecule has 0 aliphatic carbocycles. The van der Waals surface area contributed by atoms with Gasteiger partial charge in [-0.15, -0.1) is 10.2 Å². The summed E-state index contributed by atoms with van der Waals surface area (Å²) in [4.78, 5) is 16.6. The standard InChI is InChI=1S/C16H16BrN5O2S3/c17-9-3-4-11-12(6-9)26-15(19-11)20-13(23)8-25-16-22-21-14(27-16)18-7-10-2-1-5-24-10/h3-4,6,10H,1-2,5,7-8H2,(H,18,21)(H,19,20,23)/t10-/m1/s1. The van der Waals surface area contributed by atoms with Gasteiger partial charge in [-0.3, -0.25) is 4.79 Å². The molecule has 7 nitrogen and oxygen atoms in total. The summed E-state index contributed by atoms with van der Waals surface area (Å²) in [5, 5.41) is 15.7. The smallest absolute Gasteiger partial charge is 0.236 e. The van der Waals surface area contributed by atoms with Crippen LogP contribution in [0, 0.1) is 0 Å². The average Bonchev–Trinajstić information content (AvgIpc) is 3.38. The maximum atomic E-state index is 12.2. The first kappa shape index (κ1) is 19.1. The molecule has 1 fully saturated rings. The Balaban J connectivity index is 1.26. The van der Waals surface area contributed by atoms with Gasteiger partial charge in [-0.05, 0) is 31.0 Å². The molecule has 3 aromatic rings. The highest BCUT2D eigenvalue weighted by atomic mass is 79.9. The predicted molar refractivity (Wildman–Crippen MR) is 114 cm³/mol. The van der Waals surface area contributed by atoms with Gasteiger partial charge in [0, 0.05) is 17.6 Å². The number of hydrogen-bond acceptors (Lipinski definition) is 9. The number of amides is 1. The Morgan fingerprint density at radius 2 is 2.26 bits per heavy atom. The number of ether oxygens (including phenoxy) is 1. The molecule has 0 unspecified atom stereocenters. The lowest BCUT2D eigenvalue weighted by atomic mass is 10.2. The van der Waals surface area contributed by atoms with Crippen molar-refractivity contribution in [1.29, 1.82) is 0 Å². The highest BCUT2D eigenvalue weighted by molar-refractivity contribution is 9.10. The van der Waals surface area contributed by atoms with Crippen LogP contribution < -0.4 is 10.6 Å². The molecule has 1 aliphatic heterocycles. The number of anilines is 2. The highest BCUT2D eigenvalue weighted by Crippen LogP contribution is 2.29. The average molecular weight is 486 g/mol. The van der Waals surface area contributed by atoms with Gasteiger partial charge < -0.3 is 15.4 Å². The fraction of sp³-hybridized carbons (Fsp3) is 0.375. The third-order valence-corrected chi connectivity index (χ3v) is 7.28. The van der Waals surface area contributed by atoms with E-state index in [1.54, 1.807) is 0 Å². The second-order valence-electron chi connectivity index (χ2n) is 5.86. The fourth-order valence-corrected chi connectivity index (χ4v) is 5.57. The van der Waals surface area contributed by atoms with E-state index in [-0.39, 0.29) is 17.8 Å². The zero-order valence-corrected chi connectivity index (χ0v) is 18.1. The summed E-state index contributed by atoms with van der Waals surface area (Å²) in [5.74, 6) is 0.155. The molecule has 1 aliphatic rings. The van der Waals surface area contributed by atoms with Crippen LogP contribution in [0.1, 0.15) is 12.8 Å². The minimum atomic E-state index is -0.109. The summed E-state index contributed by atoms with van der Waals surface area (Å²) in [6.07, 6.45) is 2.45. The lowest BCUT2D eigenvalue weighted by molar-refractivity contribution is -0.113. The van der Waals surface area contributed by atoms with Crippen molar-refractivity contribution in [1.82, 2.24) is 15.2 Å². The fourth-order valence-electron chi connectivity index (χ4n) is 2.58. The summed E-state index contributed by atoms with van der Waals surface area (Å²) in [6, 6.07) is 5.85. The first-order valence-corrected chi connectivity index (χ1v) is 11.7. The number of thiazole rings is 1. The third kappa shape index (κ3) is 5.17. The second kappa shape index (κ2) is 8.82. The van der Waals surface area contributed by atoms with Gasteiger partial charge in [0.25, 0.3) is 0 Å². The molecule has 0 bridgehead atoms. The minimum Gasteiger partial charge on any atom is -0.376 e. The van der Waals surface area contributed by atoms with E-state index in [4.69, 9.17) is 4.74 Å².